The lowest BCUT2D eigenvalue weighted by Gasteiger charge is -2.51. The van der Waals surface area contributed by atoms with Gasteiger partial charge in [0.2, 0.25) is 11.8 Å². The maximum atomic E-state index is 13.8. The number of allylic oxidation sites excluding steroid dienone is 1. The number of nitrogens with zero attached hydrogens (tertiary/aromatic N) is 4. The van der Waals surface area contributed by atoms with Crippen LogP contribution in [0.3, 0.4) is 0 Å². The van der Waals surface area contributed by atoms with Crippen LogP contribution in [0.4, 0.5) is 0 Å². The average Bonchev–Trinajstić information content (AvgIpc) is 3.24. The number of amides is 2. The maximum absolute atomic E-state index is 13.8. The van der Waals surface area contributed by atoms with E-state index in [4.69, 9.17) is 4.74 Å². The molecule has 0 aromatic heterocycles. The molecule has 212 valence electrons. The zero-order valence-electron chi connectivity index (χ0n) is 23.9. The van der Waals surface area contributed by atoms with Gasteiger partial charge in [0.05, 0.1) is 42.2 Å². The normalized spacial score (nSPS) is 27.8. The van der Waals surface area contributed by atoms with E-state index in [9.17, 15) is 30.2 Å². The third kappa shape index (κ3) is 4.38. The zero-order valence-corrected chi connectivity index (χ0v) is 23.9. The second-order valence-electron chi connectivity index (χ2n) is 11.5. The van der Waals surface area contributed by atoms with E-state index in [1.165, 1.54) is 7.05 Å². The van der Waals surface area contributed by atoms with Crippen molar-refractivity contribution in [1.82, 2.24) is 4.90 Å². The van der Waals surface area contributed by atoms with Crippen LogP contribution < -0.4 is 0 Å². The molecule has 0 radical (unpaired) electrons. The fourth-order valence-corrected chi connectivity index (χ4v) is 7.65. The largest absolute Gasteiger partial charge is 0.463 e. The first-order valence-electron chi connectivity index (χ1n) is 14.3. The van der Waals surface area contributed by atoms with Crippen molar-refractivity contribution in [2.45, 2.75) is 39.0 Å². The lowest BCUT2D eigenvalue weighted by atomic mass is 9.48. The summed E-state index contributed by atoms with van der Waals surface area (Å²) in [5.41, 5.74) is 1.78. The van der Waals surface area contributed by atoms with Crippen LogP contribution in [-0.4, -0.2) is 36.3 Å². The Labute approximate surface area is 245 Å². The van der Waals surface area contributed by atoms with E-state index < -0.39 is 46.9 Å². The quantitative estimate of drug-likeness (QED) is 0.370. The minimum absolute atomic E-state index is 0.140. The van der Waals surface area contributed by atoms with Gasteiger partial charge in [0, 0.05) is 24.5 Å². The monoisotopic (exact) mass is 560 g/mol. The Morgan fingerprint density at radius 2 is 1.62 bits per heavy atom. The number of carbonyl (C=O) groups is 3. The van der Waals surface area contributed by atoms with Crippen molar-refractivity contribution in [2.75, 3.05) is 13.7 Å². The number of hydrogen-bond acceptors (Lipinski definition) is 7. The predicted octanol–water partition coefficient (Wildman–Crippen LogP) is 4.68. The summed E-state index contributed by atoms with van der Waals surface area (Å²) >= 11 is 0. The van der Waals surface area contributed by atoms with Gasteiger partial charge in [-0.25, -0.2) is 4.79 Å². The Morgan fingerprint density at radius 3 is 2.21 bits per heavy atom. The molecule has 6 atom stereocenters. The smallest absolute Gasteiger partial charge is 0.334 e. The first-order chi connectivity index (χ1) is 20.2. The summed E-state index contributed by atoms with van der Waals surface area (Å²) in [4.78, 5) is 42.4. The number of aryl methyl sites for hydroxylation is 1. The molecule has 0 bridgehead atoms. The highest BCUT2D eigenvalue weighted by molar-refractivity contribution is 6.07. The second kappa shape index (κ2) is 11.3. The molecule has 2 aromatic rings. The number of benzene rings is 2. The van der Waals surface area contributed by atoms with Crippen LogP contribution in [0.1, 0.15) is 49.3 Å². The van der Waals surface area contributed by atoms with Crippen LogP contribution in [0.15, 0.2) is 65.7 Å². The van der Waals surface area contributed by atoms with Crippen LogP contribution in [-0.2, 0) is 25.5 Å². The molecule has 2 aliphatic carbocycles. The molecule has 0 spiro atoms. The third-order valence-corrected chi connectivity index (χ3v) is 9.68. The minimum atomic E-state index is -1.53. The van der Waals surface area contributed by atoms with E-state index in [0.717, 1.165) is 10.5 Å². The van der Waals surface area contributed by atoms with Crippen molar-refractivity contribution in [3.8, 4) is 18.2 Å². The van der Waals surface area contributed by atoms with Gasteiger partial charge in [0.15, 0.2) is 5.41 Å². The van der Waals surface area contributed by atoms with Crippen molar-refractivity contribution in [3.05, 3.63) is 82.4 Å². The Kier molecular flexibility index (Phi) is 7.72. The topological polar surface area (TPSA) is 135 Å². The number of esters is 1. The van der Waals surface area contributed by atoms with Crippen molar-refractivity contribution in [3.63, 3.8) is 0 Å². The molecule has 3 aliphatic rings. The van der Waals surface area contributed by atoms with Gasteiger partial charge in [-0.2, -0.15) is 15.8 Å². The lowest BCUT2D eigenvalue weighted by molar-refractivity contribution is -0.141. The number of fused-ring (bicyclic) bond motifs is 3. The second-order valence-corrected chi connectivity index (χ2v) is 11.5. The maximum Gasteiger partial charge on any atom is 0.334 e. The Bertz CT molecular complexity index is 1560. The summed E-state index contributed by atoms with van der Waals surface area (Å²) in [7, 11) is 1.47. The fourth-order valence-electron chi connectivity index (χ4n) is 7.65. The van der Waals surface area contributed by atoms with E-state index in [1.807, 2.05) is 30.3 Å². The number of ether oxygens (including phenoxy) is 1. The van der Waals surface area contributed by atoms with Crippen molar-refractivity contribution >= 4 is 17.8 Å². The van der Waals surface area contributed by atoms with Crippen molar-refractivity contribution < 1.29 is 19.1 Å². The van der Waals surface area contributed by atoms with Crippen molar-refractivity contribution in [1.29, 1.82) is 15.8 Å². The highest BCUT2D eigenvalue weighted by atomic mass is 16.5. The number of imide groups is 1. The van der Waals surface area contributed by atoms with E-state index in [2.05, 4.69) is 18.2 Å². The molecule has 2 fully saturated rings. The number of hydrogen-bond donors (Lipinski definition) is 0. The van der Waals surface area contributed by atoms with Crippen LogP contribution in [0.5, 0.6) is 0 Å². The Morgan fingerprint density at radius 1 is 0.976 bits per heavy atom. The molecular formula is C34H32N4O4. The van der Waals surface area contributed by atoms with E-state index >= 15 is 0 Å². The van der Waals surface area contributed by atoms with Gasteiger partial charge < -0.3 is 4.74 Å². The Balaban J connectivity index is 1.73. The first-order valence-corrected chi connectivity index (χ1v) is 14.3. The summed E-state index contributed by atoms with van der Waals surface area (Å²) in [5.74, 6) is -5.29. The van der Waals surface area contributed by atoms with Crippen LogP contribution in [0.2, 0.25) is 0 Å². The average molecular weight is 561 g/mol. The molecule has 1 heterocycles. The lowest BCUT2D eigenvalue weighted by Crippen LogP contribution is -2.51. The fraction of sp³-hybridized carbons (Fsp3) is 0.412. The molecule has 8 heteroatoms. The summed E-state index contributed by atoms with van der Waals surface area (Å²) in [6.07, 6.45) is 1.24. The van der Waals surface area contributed by atoms with Gasteiger partial charge in [-0.05, 0) is 61.3 Å². The summed E-state index contributed by atoms with van der Waals surface area (Å²) in [6.45, 7) is 3.65. The molecule has 8 nitrogen and oxygen atoms in total. The summed E-state index contributed by atoms with van der Waals surface area (Å²) in [5, 5.41) is 30.5. The molecule has 0 unspecified atom stereocenters. The minimum Gasteiger partial charge on any atom is -0.463 e. The van der Waals surface area contributed by atoms with E-state index in [-0.39, 0.29) is 24.8 Å². The molecule has 2 aromatic carbocycles. The van der Waals surface area contributed by atoms with Crippen LogP contribution >= 0.6 is 0 Å². The standard InChI is InChI=1S/C34H32N4O4/c1-4-42-33(41)28-24(15-12-21-8-6-5-7-9-21)29-30(32(40)38(3)31(29)39)27-20(2)34(18-36,19-37)26(16-25(27)28)23-13-10-22(17-35)11-14-23/h5-11,13-14,20,24,26-27,29-30H,4,12,15-16H2,1-3H3/t20-,24+,26+,27-,29+,30-/m0/s1. The molecule has 2 amide bonds. The zero-order chi connectivity index (χ0) is 30.2. The van der Waals surface area contributed by atoms with E-state index in [1.54, 1.807) is 38.1 Å². The van der Waals surface area contributed by atoms with Gasteiger partial charge in [0.1, 0.15) is 0 Å². The number of nitriles is 3. The summed E-state index contributed by atoms with van der Waals surface area (Å²) in [6, 6.07) is 23.3. The number of rotatable bonds is 6. The first kappa shape index (κ1) is 28.8. The van der Waals surface area contributed by atoms with Crippen LogP contribution in [0.25, 0.3) is 0 Å². The molecular weight excluding hydrogens is 528 g/mol. The summed E-state index contributed by atoms with van der Waals surface area (Å²) < 4.78 is 5.59. The van der Waals surface area contributed by atoms with Gasteiger partial charge in [0.25, 0.3) is 0 Å². The van der Waals surface area contributed by atoms with E-state index in [0.29, 0.717) is 35.1 Å². The van der Waals surface area contributed by atoms with Gasteiger partial charge in [-0.1, -0.05) is 55.0 Å². The molecule has 5 rings (SSSR count). The number of likely N-dealkylation sites (tertiary alicyclic amines) is 1. The highest BCUT2D eigenvalue weighted by Gasteiger charge is 2.65. The molecule has 1 saturated carbocycles. The highest BCUT2D eigenvalue weighted by Crippen LogP contribution is 2.62. The predicted molar refractivity (Wildman–Crippen MR) is 151 cm³/mol. The number of carbonyl (C=O) groups excluding carboxylic acids is 3. The van der Waals surface area contributed by atoms with Crippen LogP contribution in [0, 0.1) is 69.0 Å². The van der Waals surface area contributed by atoms with Crippen molar-refractivity contribution in [2.24, 2.45) is 35.0 Å². The molecule has 0 N–H and O–H groups in total. The van der Waals surface area contributed by atoms with Gasteiger partial charge in [-0.15, -0.1) is 0 Å². The molecule has 1 aliphatic heterocycles. The third-order valence-electron chi connectivity index (χ3n) is 9.68. The molecule has 42 heavy (non-hydrogen) atoms. The molecule has 1 saturated heterocycles. The van der Waals surface area contributed by atoms with Gasteiger partial charge in [-0.3, -0.25) is 14.5 Å². The van der Waals surface area contributed by atoms with Gasteiger partial charge >= 0.3 is 5.97 Å². The SMILES string of the molecule is CCOC(=O)C1=C2C[C@H](c3ccc(C#N)cc3)C(C#N)(C#N)[C@@H](C)[C@@H]2[C@@H]2C(=O)N(C)C(=O)[C@@H]2[C@@H]1CCc1ccccc1. The Hall–Kier alpha value is -4.74.